The van der Waals surface area contributed by atoms with E-state index in [-0.39, 0.29) is 58.8 Å². The molecular weight excluding hydrogens is 446 g/mol. The number of sulfonamides is 1. The molecule has 2 aromatic rings. The van der Waals surface area contributed by atoms with Crippen LogP contribution in [0, 0.1) is 10.1 Å². The first-order chi connectivity index (χ1) is 14.6. The lowest BCUT2D eigenvalue weighted by atomic mass is 10.1. The Morgan fingerprint density at radius 3 is 2.55 bits per heavy atom. The van der Waals surface area contributed by atoms with Gasteiger partial charge in [-0.3, -0.25) is 14.9 Å². The van der Waals surface area contributed by atoms with Crippen molar-refractivity contribution < 1.29 is 22.9 Å². The first kappa shape index (κ1) is 23.1. The van der Waals surface area contributed by atoms with Crippen molar-refractivity contribution in [3.05, 3.63) is 63.2 Å². The molecule has 2 unspecified atom stereocenters. The van der Waals surface area contributed by atoms with Crippen LogP contribution in [0.3, 0.4) is 0 Å². The monoisotopic (exact) mass is 467 g/mol. The number of hydrogen-bond donors (Lipinski definition) is 1. The van der Waals surface area contributed by atoms with E-state index in [2.05, 4.69) is 5.32 Å². The predicted octanol–water partition coefficient (Wildman–Crippen LogP) is 3.34. The molecule has 1 aliphatic rings. The summed E-state index contributed by atoms with van der Waals surface area (Å²) < 4.78 is 33.0. The van der Waals surface area contributed by atoms with Crippen LogP contribution in [0.25, 0.3) is 0 Å². The highest BCUT2D eigenvalue weighted by atomic mass is 35.5. The van der Waals surface area contributed by atoms with Gasteiger partial charge in [0.25, 0.3) is 5.69 Å². The van der Waals surface area contributed by atoms with Crippen LogP contribution in [0.1, 0.15) is 24.2 Å². The fraction of sp³-hybridized carbons (Fsp3) is 0.350. The minimum absolute atomic E-state index is 0.00784. The van der Waals surface area contributed by atoms with E-state index < -0.39 is 14.9 Å². The molecule has 0 amide bonds. The number of nitrogens with one attached hydrogen (secondary N) is 1. The van der Waals surface area contributed by atoms with E-state index in [4.69, 9.17) is 16.3 Å². The molecule has 0 radical (unpaired) electrons. The summed E-state index contributed by atoms with van der Waals surface area (Å²) in [4.78, 5) is 23.0. The van der Waals surface area contributed by atoms with Gasteiger partial charge >= 0.3 is 0 Å². The van der Waals surface area contributed by atoms with Gasteiger partial charge in [0, 0.05) is 30.4 Å². The summed E-state index contributed by atoms with van der Waals surface area (Å²) in [5.74, 6) is -0.363. The maximum atomic E-state index is 13.0. The van der Waals surface area contributed by atoms with Gasteiger partial charge in [-0.05, 0) is 38.1 Å². The zero-order chi connectivity index (χ0) is 22.8. The number of Topliss-reactive ketones (excluding diaryl/α,β-unsaturated/α-hetero) is 1. The van der Waals surface area contributed by atoms with Crippen LogP contribution in [0.2, 0.25) is 5.02 Å². The van der Waals surface area contributed by atoms with Crippen LogP contribution < -0.4 is 5.32 Å². The van der Waals surface area contributed by atoms with Crippen molar-refractivity contribution in [2.24, 2.45) is 0 Å². The molecule has 0 aliphatic carbocycles. The molecule has 1 fully saturated rings. The van der Waals surface area contributed by atoms with Gasteiger partial charge in [0.2, 0.25) is 10.0 Å². The molecule has 1 N–H and O–H groups in total. The van der Waals surface area contributed by atoms with Crippen LogP contribution >= 0.6 is 11.6 Å². The second-order valence-electron chi connectivity index (χ2n) is 7.31. The average Bonchev–Trinajstić information content (AvgIpc) is 2.72. The number of carbonyl (C=O) groups excluding carboxylic acids is 1. The zero-order valence-electron chi connectivity index (χ0n) is 16.9. The Balaban J connectivity index is 1.74. The summed E-state index contributed by atoms with van der Waals surface area (Å²) in [6.07, 6.45) is -0.452. The molecule has 2 aromatic carbocycles. The third-order valence-corrected chi connectivity index (χ3v) is 6.92. The van der Waals surface area contributed by atoms with Gasteiger partial charge in [-0.15, -0.1) is 0 Å². The Kier molecular flexibility index (Phi) is 6.95. The smallest absolute Gasteiger partial charge is 0.289 e. The Morgan fingerprint density at radius 2 is 1.90 bits per heavy atom. The summed E-state index contributed by atoms with van der Waals surface area (Å²) >= 11 is 5.79. The standard InChI is InChI=1S/C20H22ClN3O6S/c1-13-11-23(12-14(2)30-13)31(28,29)17-5-3-4-15(8-17)20(25)10-22-16-6-7-18(21)19(9-16)24(26)27/h3-9,13-14,22H,10-12H2,1-2H3. The van der Waals surface area contributed by atoms with Crippen molar-refractivity contribution in [3.63, 3.8) is 0 Å². The Morgan fingerprint density at radius 1 is 1.23 bits per heavy atom. The Labute approximate surface area is 185 Å². The molecule has 0 aromatic heterocycles. The number of morpholine rings is 1. The van der Waals surface area contributed by atoms with Gasteiger partial charge in [0.1, 0.15) is 5.02 Å². The highest BCUT2D eigenvalue weighted by Gasteiger charge is 2.32. The third-order valence-electron chi connectivity index (χ3n) is 4.78. The van der Waals surface area contributed by atoms with Crippen molar-refractivity contribution >= 4 is 38.8 Å². The second kappa shape index (κ2) is 9.31. The number of halogens is 1. The quantitative estimate of drug-likeness (QED) is 0.376. The van der Waals surface area contributed by atoms with Crippen molar-refractivity contribution in [1.82, 2.24) is 4.31 Å². The topological polar surface area (TPSA) is 119 Å². The number of benzene rings is 2. The lowest BCUT2D eigenvalue weighted by Gasteiger charge is -2.34. The van der Waals surface area contributed by atoms with E-state index in [1.807, 2.05) is 13.8 Å². The molecule has 2 atom stereocenters. The summed E-state index contributed by atoms with van der Waals surface area (Å²) in [5, 5.41) is 13.8. The number of ether oxygens (including phenoxy) is 1. The second-order valence-corrected chi connectivity index (χ2v) is 9.65. The van der Waals surface area contributed by atoms with E-state index in [1.54, 1.807) is 0 Å². The zero-order valence-corrected chi connectivity index (χ0v) is 18.5. The van der Waals surface area contributed by atoms with E-state index in [0.717, 1.165) is 0 Å². The number of hydrogen-bond acceptors (Lipinski definition) is 7. The van der Waals surface area contributed by atoms with Crippen LogP contribution in [0.15, 0.2) is 47.4 Å². The van der Waals surface area contributed by atoms with Gasteiger partial charge in [-0.2, -0.15) is 4.31 Å². The first-order valence-electron chi connectivity index (χ1n) is 9.54. The minimum Gasteiger partial charge on any atom is -0.377 e. The Hall–Kier alpha value is -2.53. The van der Waals surface area contributed by atoms with Gasteiger partial charge in [0.05, 0.1) is 28.6 Å². The number of rotatable bonds is 7. The number of nitrogens with zero attached hydrogens (tertiary/aromatic N) is 2. The van der Waals surface area contributed by atoms with Crippen molar-refractivity contribution in [1.29, 1.82) is 0 Å². The van der Waals surface area contributed by atoms with E-state index in [0.29, 0.717) is 5.69 Å². The van der Waals surface area contributed by atoms with Gasteiger partial charge < -0.3 is 10.1 Å². The number of ketones is 1. The van der Waals surface area contributed by atoms with Crippen molar-refractivity contribution in [2.75, 3.05) is 25.0 Å². The van der Waals surface area contributed by atoms with Crippen LogP contribution in [0.4, 0.5) is 11.4 Å². The molecule has 3 rings (SSSR count). The number of nitro benzene ring substituents is 1. The molecular formula is C20H22ClN3O6S. The van der Waals surface area contributed by atoms with Crippen molar-refractivity contribution in [2.45, 2.75) is 31.0 Å². The van der Waals surface area contributed by atoms with E-state index >= 15 is 0 Å². The number of nitro groups is 1. The highest BCUT2D eigenvalue weighted by Crippen LogP contribution is 2.27. The van der Waals surface area contributed by atoms with Gasteiger partial charge in [-0.1, -0.05) is 23.7 Å². The number of carbonyl (C=O) groups is 1. The maximum Gasteiger partial charge on any atom is 0.289 e. The van der Waals surface area contributed by atoms with Crippen LogP contribution in [-0.2, 0) is 14.8 Å². The summed E-state index contributed by atoms with van der Waals surface area (Å²) in [6.45, 7) is 3.92. The van der Waals surface area contributed by atoms with Gasteiger partial charge in [0.15, 0.2) is 5.78 Å². The average molecular weight is 468 g/mol. The summed E-state index contributed by atoms with van der Waals surface area (Å²) in [7, 11) is -3.78. The van der Waals surface area contributed by atoms with Crippen LogP contribution in [-0.4, -0.2) is 55.3 Å². The normalized spacial score (nSPS) is 19.7. The first-order valence-corrected chi connectivity index (χ1v) is 11.4. The van der Waals surface area contributed by atoms with Crippen molar-refractivity contribution in [3.8, 4) is 0 Å². The van der Waals surface area contributed by atoms with E-state index in [1.165, 1.54) is 46.8 Å². The molecule has 1 heterocycles. The summed E-state index contributed by atoms with van der Waals surface area (Å²) in [5.41, 5.74) is 0.289. The molecule has 0 saturated carbocycles. The minimum atomic E-state index is -3.78. The third kappa shape index (κ3) is 5.40. The molecule has 9 nitrogen and oxygen atoms in total. The molecule has 1 aliphatic heterocycles. The SMILES string of the molecule is CC1CN(S(=O)(=O)c2cccc(C(=O)CNc3ccc(Cl)c([N+](=O)[O-])c3)c2)CC(C)O1. The molecule has 0 bridgehead atoms. The molecule has 166 valence electrons. The van der Waals surface area contributed by atoms with E-state index in [9.17, 15) is 23.3 Å². The largest absolute Gasteiger partial charge is 0.377 e. The molecule has 0 spiro atoms. The molecule has 11 heteroatoms. The molecule has 31 heavy (non-hydrogen) atoms. The fourth-order valence-electron chi connectivity index (χ4n) is 3.35. The van der Waals surface area contributed by atoms with Crippen LogP contribution in [0.5, 0.6) is 0 Å². The summed E-state index contributed by atoms with van der Waals surface area (Å²) in [6, 6.07) is 9.95. The Bertz CT molecular complexity index is 1100. The fourth-order valence-corrected chi connectivity index (χ4v) is 5.18. The lowest BCUT2D eigenvalue weighted by Crippen LogP contribution is -2.48. The highest BCUT2D eigenvalue weighted by molar-refractivity contribution is 7.89. The predicted molar refractivity (Wildman–Crippen MR) is 116 cm³/mol. The lowest BCUT2D eigenvalue weighted by molar-refractivity contribution is -0.384. The molecule has 1 saturated heterocycles. The maximum absolute atomic E-state index is 13.0. The number of anilines is 1. The van der Waals surface area contributed by atoms with Gasteiger partial charge in [-0.25, -0.2) is 8.42 Å².